The molecule has 1 amide bonds. The Kier molecular flexibility index (Phi) is 1.87. The van der Waals surface area contributed by atoms with Crippen molar-refractivity contribution < 1.29 is 18.3 Å². The normalized spacial score (nSPS) is 23.6. The van der Waals surface area contributed by atoms with Crippen LogP contribution < -0.4 is 5.32 Å². The first kappa shape index (κ1) is 10.6. The number of sulfone groups is 1. The number of anilines is 1. The van der Waals surface area contributed by atoms with Gasteiger partial charge >= 0.3 is 0 Å². The van der Waals surface area contributed by atoms with Crippen molar-refractivity contribution in [3.8, 4) is 5.75 Å². The van der Waals surface area contributed by atoms with E-state index in [9.17, 15) is 18.3 Å². The minimum atomic E-state index is -3.69. The Morgan fingerprint density at radius 3 is 2.59 bits per heavy atom. The molecule has 2 N–H and O–H groups in total. The number of phenolic OH excluding ortho intramolecular Hbond substituents is 1. The van der Waals surface area contributed by atoms with Crippen LogP contribution in [0.2, 0.25) is 0 Å². The number of benzene rings is 1. The van der Waals surface area contributed by atoms with E-state index in [1.165, 1.54) is 18.2 Å². The first-order valence-corrected chi connectivity index (χ1v) is 6.85. The minimum absolute atomic E-state index is 0.00928. The molecule has 0 unspecified atom stereocenters. The second-order valence-electron chi connectivity index (χ2n) is 4.46. The highest BCUT2D eigenvalue weighted by molar-refractivity contribution is 7.94. The standard InChI is InChI=1S/C11H11NO4S/c13-7-3-1-4-8-9(7)12-10(14)11(5-2-6-11)17(8,15)16/h1,3-4,13H,2,5-6H2,(H,12,14). The van der Waals surface area contributed by atoms with E-state index >= 15 is 0 Å². The van der Waals surface area contributed by atoms with Gasteiger partial charge in [0.2, 0.25) is 5.91 Å². The molecule has 1 aliphatic carbocycles. The molecule has 2 aliphatic rings. The monoisotopic (exact) mass is 253 g/mol. The van der Waals surface area contributed by atoms with Crippen molar-refractivity contribution >= 4 is 21.4 Å². The molecule has 5 nitrogen and oxygen atoms in total. The van der Waals surface area contributed by atoms with Gasteiger partial charge in [-0.25, -0.2) is 8.42 Å². The van der Waals surface area contributed by atoms with Gasteiger partial charge in [0.05, 0.1) is 4.90 Å². The molecule has 90 valence electrons. The summed E-state index contributed by atoms with van der Waals surface area (Å²) in [6.45, 7) is 0. The summed E-state index contributed by atoms with van der Waals surface area (Å²) in [5.41, 5.74) is 0.00928. The number of rotatable bonds is 0. The number of carbonyl (C=O) groups is 1. The van der Waals surface area contributed by atoms with E-state index in [4.69, 9.17) is 0 Å². The topological polar surface area (TPSA) is 83.5 Å². The average molecular weight is 253 g/mol. The highest BCUT2D eigenvalue weighted by Gasteiger charge is 2.58. The van der Waals surface area contributed by atoms with E-state index in [0.717, 1.165) is 6.42 Å². The predicted octanol–water partition coefficient (Wildman–Crippen LogP) is 1.04. The largest absolute Gasteiger partial charge is 0.506 e. The van der Waals surface area contributed by atoms with Gasteiger partial charge in [0.25, 0.3) is 0 Å². The molecule has 1 fully saturated rings. The summed E-state index contributed by atoms with van der Waals surface area (Å²) in [5, 5.41) is 12.1. The molecule has 0 radical (unpaired) electrons. The van der Waals surface area contributed by atoms with E-state index in [0.29, 0.717) is 12.8 Å². The van der Waals surface area contributed by atoms with Crippen molar-refractivity contribution in [3.63, 3.8) is 0 Å². The van der Waals surface area contributed by atoms with Gasteiger partial charge in [-0.2, -0.15) is 0 Å². The highest BCUT2D eigenvalue weighted by Crippen LogP contribution is 2.49. The van der Waals surface area contributed by atoms with E-state index in [1.54, 1.807) is 0 Å². The van der Waals surface area contributed by atoms with Crippen LogP contribution in [0.3, 0.4) is 0 Å². The quantitative estimate of drug-likeness (QED) is 0.677. The van der Waals surface area contributed by atoms with Crippen molar-refractivity contribution in [3.05, 3.63) is 18.2 Å². The number of nitrogens with one attached hydrogen (secondary N) is 1. The number of aromatic hydroxyl groups is 1. The van der Waals surface area contributed by atoms with Gasteiger partial charge in [-0.1, -0.05) is 6.07 Å². The Balaban J connectivity index is 2.31. The molecule has 1 aliphatic heterocycles. The van der Waals surface area contributed by atoms with E-state index in [2.05, 4.69) is 5.32 Å². The molecule has 1 heterocycles. The average Bonchev–Trinajstić information content (AvgIpc) is 2.17. The van der Waals surface area contributed by atoms with Crippen LogP contribution in [-0.4, -0.2) is 24.2 Å². The summed E-state index contributed by atoms with van der Waals surface area (Å²) < 4.78 is 23.5. The number of phenols is 1. The van der Waals surface area contributed by atoms with Gasteiger partial charge in [-0.05, 0) is 31.4 Å². The van der Waals surface area contributed by atoms with Crippen LogP contribution in [0.4, 0.5) is 5.69 Å². The van der Waals surface area contributed by atoms with Crippen LogP contribution in [0, 0.1) is 0 Å². The fourth-order valence-corrected chi connectivity index (χ4v) is 4.65. The van der Waals surface area contributed by atoms with Gasteiger partial charge in [-0.15, -0.1) is 0 Å². The van der Waals surface area contributed by atoms with E-state index in [1.807, 2.05) is 0 Å². The zero-order chi connectivity index (χ0) is 12.3. The molecule has 3 rings (SSSR count). The van der Waals surface area contributed by atoms with Gasteiger partial charge < -0.3 is 10.4 Å². The number of hydrogen-bond acceptors (Lipinski definition) is 4. The van der Waals surface area contributed by atoms with Crippen molar-refractivity contribution in [2.45, 2.75) is 28.9 Å². The first-order valence-electron chi connectivity index (χ1n) is 5.37. The maximum atomic E-state index is 12.4. The summed E-state index contributed by atoms with van der Waals surface area (Å²) in [6, 6.07) is 4.24. The van der Waals surface area contributed by atoms with Crippen LogP contribution in [0.25, 0.3) is 0 Å². The lowest BCUT2D eigenvalue weighted by molar-refractivity contribution is -0.120. The van der Waals surface area contributed by atoms with Crippen LogP contribution in [0.1, 0.15) is 19.3 Å². The van der Waals surface area contributed by atoms with Crippen LogP contribution in [0.15, 0.2) is 23.1 Å². The molecular weight excluding hydrogens is 242 g/mol. The molecule has 1 saturated carbocycles. The van der Waals surface area contributed by atoms with Crippen molar-refractivity contribution in [2.75, 3.05) is 5.32 Å². The predicted molar refractivity (Wildman–Crippen MR) is 60.5 cm³/mol. The van der Waals surface area contributed by atoms with Crippen LogP contribution >= 0.6 is 0 Å². The lowest BCUT2D eigenvalue weighted by atomic mass is 9.83. The van der Waals surface area contributed by atoms with Gasteiger partial charge in [0.1, 0.15) is 11.4 Å². The molecule has 1 aromatic carbocycles. The molecule has 0 bridgehead atoms. The third-order valence-corrected chi connectivity index (χ3v) is 6.16. The summed E-state index contributed by atoms with van der Waals surface area (Å²) in [5.74, 6) is -0.730. The highest BCUT2D eigenvalue weighted by atomic mass is 32.2. The van der Waals surface area contributed by atoms with Crippen LogP contribution in [-0.2, 0) is 14.6 Å². The summed E-state index contributed by atoms with van der Waals surface area (Å²) in [7, 11) is -3.69. The third-order valence-electron chi connectivity index (χ3n) is 3.62. The molecule has 0 saturated heterocycles. The Morgan fingerprint density at radius 2 is 2.00 bits per heavy atom. The molecule has 1 spiro atoms. The molecule has 17 heavy (non-hydrogen) atoms. The fourth-order valence-electron chi connectivity index (χ4n) is 2.42. The van der Waals surface area contributed by atoms with Crippen molar-refractivity contribution in [1.82, 2.24) is 0 Å². The molecule has 0 atom stereocenters. The molecular formula is C11H11NO4S. The lowest BCUT2D eigenvalue weighted by Gasteiger charge is -2.42. The SMILES string of the molecule is O=C1Nc2c(O)cccc2S(=O)(=O)C12CCC2. The number of amides is 1. The minimum Gasteiger partial charge on any atom is -0.506 e. The molecule has 0 aromatic heterocycles. The van der Waals surface area contributed by atoms with E-state index < -0.39 is 20.5 Å². The lowest BCUT2D eigenvalue weighted by Crippen LogP contribution is -2.57. The zero-order valence-electron chi connectivity index (χ0n) is 8.93. The second kappa shape index (κ2) is 3.01. The second-order valence-corrected chi connectivity index (χ2v) is 6.68. The summed E-state index contributed by atoms with van der Waals surface area (Å²) in [6.07, 6.45) is 1.45. The maximum Gasteiger partial charge on any atom is 0.246 e. The summed E-state index contributed by atoms with van der Waals surface area (Å²) in [4.78, 5) is 12.0. The Hall–Kier alpha value is -1.56. The van der Waals surface area contributed by atoms with Crippen molar-refractivity contribution in [1.29, 1.82) is 0 Å². The Bertz CT molecular complexity index is 616. The van der Waals surface area contributed by atoms with Gasteiger partial charge in [0, 0.05) is 0 Å². The molecule has 1 aromatic rings. The fraction of sp³-hybridized carbons (Fsp3) is 0.364. The number of hydrogen-bond donors (Lipinski definition) is 2. The number of carbonyl (C=O) groups excluding carboxylic acids is 1. The number of fused-ring (bicyclic) bond motifs is 1. The Labute approximate surface area is 98.4 Å². The van der Waals surface area contributed by atoms with Crippen LogP contribution in [0.5, 0.6) is 5.75 Å². The van der Waals surface area contributed by atoms with Crippen molar-refractivity contribution in [2.24, 2.45) is 0 Å². The maximum absolute atomic E-state index is 12.4. The smallest absolute Gasteiger partial charge is 0.246 e. The Morgan fingerprint density at radius 1 is 1.29 bits per heavy atom. The van der Waals surface area contributed by atoms with E-state index in [-0.39, 0.29) is 16.3 Å². The number of para-hydroxylation sites is 1. The zero-order valence-corrected chi connectivity index (χ0v) is 9.75. The summed E-state index contributed by atoms with van der Waals surface area (Å²) >= 11 is 0. The van der Waals surface area contributed by atoms with Gasteiger partial charge in [0.15, 0.2) is 14.6 Å². The molecule has 6 heteroatoms. The van der Waals surface area contributed by atoms with Gasteiger partial charge in [-0.3, -0.25) is 4.79 Å². The first-order chi connectivity index (χ1) is 7.99. The third kappa shape index (κ3) is 1.08.